The number of morpholine rings is 1. The zero-order valence-electron chi connectivity index (χ0n) is 16.6. The molecular weight excluding hydrogens is 354 g/mol. The summed E-state index contributed by atoms with van der Waals surface area (Å²) in [5, 5.41) is 0. The third-order valence-electron chi connectivity index (χ3n) is 6.13. The second-order valence-corrected chi connectivity index (χ2v) is 8.17. The summed E-state index contributed by atoms with van der Waals surface area (Å²) in [6.45, 7) is 9.85. The van der Waals surface area contributed by atoms with Crippen LogP contribution in [-0.4, -0.2) is 84.7 Å². The Morgan fingerprint density at radius 2 is 1.86 bits per heavy atom. The molecule has 4 heterocycles. The van der Waals surface area contributed by atoms with E-state index in [1.54, 1.807) is 0 Å². The standard InChI is InChI=1S/C21H31N5O2/c1-2-7-20-19(6-1)22-21-25(15-18-5-3-12-28-18)16-24(17-26(20)21)9-4-8-23-10-13-27-14-11-23/h1-2,6-7,18H,3-5,8-17H2/t18-/m0/s1. The van der Waals surface area contributed by atoms with Gasteiger partial charge in [-0.2, -0.15) is 0 Å². The number of hydrogen-bond donors (Lipinski definition) is 0. The number of benzene rings is 1. The highest BCUT2D eigenvalue weighted by Crippen LogP contribution is 2.28. The summed E-state index contributed by atoms with van der Waals surface area (Å²) in [6, 6.07) is 8.49. The van der Waals surface area contributed by atoms with Crippen LogP contribution in [0.4, 0.5) is 5.95 Å². The first-order valence-electron chi connectivity index (χ1n) is 10.7. The summed E-state index contributed by atoms with van der Waals surface area (Å²) in [7, 11) is 0. The van der Waals surface area contributed by atoms with Crippen molar-refractivity contribution in [2.75, 3.05) is 64.1 Å². The van der Waals surface area contributed by atoms with Gasteiger partial charge in [-0.25, -0.2) is 4.98 Å². The number of hydrogen-bond acceptors (Lipinski definition) is 6. The number of fused-ring (bicyclic) bond motifs is 3. The van der Waals surface area contributed by atoms with Crippen molar-refractivity contribution in [1.82, 2.24) is 19.4 Å². The molecule has 0 amide bonds. The van der Waals surface area contributed by atoms with Gasteiger partial charge in [0.2, 0.25) is 5.95 Å². The number of para-hydroxylation sites is 2. The Balaban J connectivity index is 1.29. The molecule has 7 nitrogen and oxygen atoms in total. The highest BCUT2D eigenvalue weighted by molar-refractivity contribution is 5.79. The Hall–Kier alpha value is -1.67. The number of ether oxygens (including phenoxy) is 2. The fourth-order valence-corrected chi connectivity index (χ4v) is 4.65. The van der Waals surface area contributed by atoms with Crippen molar-refractivity contribution >= 4 is 17.0 Å². The molecule has 0 unspecified atom stereocenters. The Kier molecular flexibility index (Phi) is 5.49. The predicted molar refractivity (Wildman–Crippen MR) is 110 cm³/mol. The third-order valence-corrected chi connectivity index (χ3v) is 6.13. The minimum Gasteiger partial charge on any atom is -0.379 e. The van der Waals surface area contributed by atoms with Gasteiger partial charge >= 0.3 is 0 Å². The minimum absolute atomic E-state index is 0.335. The molecule has 7 heteroatoms. The van der Waals surface area contributed by atoms with E-state index in [1.807, 2.05) is 0 Å². The van der Waals surface area contributed by atoms with Crippen LogP contribution in [0, 0.1) is 0 Å². The molecule has 28 heavy (non-hydrogen) atoms. The zero-order chi connectivity index (χ0) is 18.8. The first kappa shape index (κ1) is 18.4. The first-order valence-corrected chi connectivity index (χ1v) is 10.7. The van der Waals surface area contributed by atoms with Crippen LogP contribution in [0.25, 0.3) is 11.0 Å². The van der Waals surface area contributed by atoms with E-state index in [0.29, 0.717) is 6.10 Å². The summed E-state index contributed by atoms with van der Waals surface area (Å²) in [6.07, 6.45) is 3.86. The molecule has 3 aliphatic heterocycles. The van der Waals surface area contributed by atoms with Crippen LogP contribution in [-0.2, 0) is 16.1 Å². The molecule has 152 valence electrons. The lowest BCUT2D eigenvalue weighted by Crippen LogP contribution is -2.48. The Morgan fingerprint density at radius 1 is 1.00 bits per heavy atom. The van der Waals surface area contributed by atoms with Crippen LogP contribution in [0.15, 0.2) is 24.3 Å². The van der Waals surface area contributed by atoms with Gasteiger partial charge in [-0.3, -0.25) is 14.4 Å². The summed E-state index contributed by atoms with van der Waals surface area (Å²) in [4.78, 5) is 12.4. The van der Waals surface area contributed by atoms with Gasteiger partial charge in [0.25, 0.3) is 0 Å². The van der Waals surface area contributed by atoms with Gasteiger partial charge in [0.1, 0.15) is 0 Å². The van der Waals surface area contributed by atoms with Crippen molar-refractivity contribution in [1.29, 1.82) is 0 Å². The molecule has 5 rings (SSSR count). The van der Waals surface area contributed by atoms with Crippen LogP contribution in [0.3, 0.4) is 0 Å². The smallest absolute Gasteiger partial charge is 0.208 e. The monoisotopic (exact) mass is 385 g/mol. The largest absolute Gasteiger partial charge is 0.379 e. The van der Waals surface area contributed by atoms with Crippen LogP contribution in [0.2, 0.25) is 0 Å². The topological polar surface area (TPSA) is 46.0 Å². The summed E-state index contributed by atoms with van der Waals surface area (Å²) >= 11 is 0. The SMILES string of the molecule is c1ccc2c(c1)nc1n2CN(CCCN2CCOCC2)CN1C[C@@H]1CCCO1. The van der Waals surface area contributed by atoms with Crippen molar-refractivity contribution < 1.29 is 9.47 Å². The molecule has 2 aromatic rings. The van der Waals surface area contributed by atoms with Crippen molar-refractivity contribution in [3.63, 3.8) is 0 Å². The summed E-state index contributed by atoms with van der Waals surface area (Å²) in [5.74, 6) is 1.10. The molecule has 0 radical (unpaired) electrons. The predicted octanol–water partition coefficient (Wildman–Crippen LogP) is 1.97. The second kappa shape index (κ2) is 8.37. The fraction of sp³-hybridized carbons (Fsp3) is 0.667. The van der Waals surface area contributed by atoms with E-state index in [2.05, 4.69) is 43.5 Å². The molecule has 0 bridgehead atoms. The van der Waals surface area contributed by atoms with E-state index in [4.69, 9.17) is 14.5 Å². The van der Waals surface area contributed by atoms with Crippen LogP contribution in [0.1, 0.15) is 19.3 Å². The highest BCUT2D eigenvalue weighted by Gasteiger charge is 2.29. The average Bonchev–Trinajstić information content (AvgIpc) is 3.37. The number of imidazole rings is 1. The van der Waals surface area contributed by atoms with Gasteiger partial charge in [-0.15, -0.1) is 0 Å². The molecule has 2 saturated heterocycles. The van der Waals surface area contributed by atoms with Crippen molar-refractivity contribution in [3.8, 4) is 0 Å². The van der Waals surface area contributed by atoms with Crippen LogP contribution in [0.5, 0.6) is 0 Å². The summed E-state index contributed by atoms with van der Waals surface area (Å²) < 4.78 is 13.8. The average molecular weight is 386 g/mol. The zero-order valence-corrected chi connectivity index (χ0v) is 16.6. The van der Waals surface area contributed by atoms with E-state index >= 15 is 0 Å². The first-order chi connectivity index (χ1) is 13.9. The number of nitrogens with zero attached hydrogens (tertiary/aromatic N) is 5. The maximum atomic E-state index is 5.92. The molecule has 1 aromatic carbocycles. The summed E-state index contributed by atoms with van der Waals surface area (Å²) in [5.41, 5.74) is 2.32. The number of rotatable bonds is 6. The Labute approximate surface area is 166 Å². The Bertz CT molecular complexity index is 782. The van der Waals surface area contributed by atoms with Crippen molar-refractivity contribution in [2.45, 2.75) is 32.0 Å². The second-order valence-electron chi connectivity index (χ2n) is 8.17. The Morgan fingerprint density at radius 3 is 2.71 bits per heavy atom. The number of anilines is 1. The maximum Gasteiger partial charge on any atom is 0.208 e. The van der Waals surface area contributed by atoms with Crippen LogP contribution < -0.4 is 4.90 Å². The highest BCUT2D eigenvalue weighted by atomic mass is 16.5. The van der Waals surface area contributed by atoms with E-state index in [0.717, 1.165) is 83.8 Å². The van der Waals surface area contributed by atoms with Crippen LogP contribution >= 0.6 is 0 Å². The third kappa shape index (κ3) is 3.89. The number of aromatic nitrogens is 2. The molecule has 0 N–H and O–H groups in total. The maximum absolute atomic E-state index is 5.92. The molecule has 0 saturated carbocycles. The minimum atomic E-state index is 0.335. The molecule has 1 aromatic heterocycles. The molecule has 3 aliphatic rings. The van der Waals surface area contributed by atoms with Gasteiger partial charge < -0.3 is 14.4 Å². The lowest BCUT2D eigenvalue weighted by Gasteiger charge is -2.38. The van der Waals surface area contributed by atoms with Gasteiger partial charge in [0.05, 0.1) is 43.7 Å². The molecular formula is C21H31N5O2. The molecule has 1 atom stereocenters. The van der Waals surface area contributed by atoms with Crippen molar-refractivity contribution in [3.05, 3.63) is 24.3 Å². The van der Waals surface area contributed by atoms with E-state index in [9.17, 15) is 0 Å². The van der Waals surface area contributed by atoms with E-state index in [1.165, 1.54) is 18.4 Å². The van der Waals surface area contributed by atoms with Gasteiger partial charge in [-0.05, 0) is 37.9 Å². The molecule has 0 aliphatic carbocycles. The van der Waals surface area contributed by atoms with Gasteiger partial charge in [0, 0.05) is 32.8 Å². The lowest BCUT2D eigenvalue weighted by atomic mass is 10.2. The van der Waals surface area contributed by atoms with Gasteiger partial charge in [-0.1, -0.05) is 12.1 Å². The van der Waals surface area contributed by atoms with Gasteiger partial charge in [0.15, 0.2) is 0 Å². The quantitative estimate of drug-likeness (QED) is 0.758. The normalized spacial score (nSPS) is 24.1. The molecule has 2 fully saturated rings. The lowest BCUT2D eigenvalue weighted by molar-refractivity contribution is 0.0353. The fourth-order valence-electron chi connectivity index (χ4n) is 4.65. The van der Waals surface area contributed by atoms with Crippen molar-refractivity contribution in [2.24, 2.45) is 0 Å². The van der Waals surface area contributed by atoms with E-state index in [-0.39, 0.29) is 0 Å². The van der Waals surface area contributed by atoms with E-state index < -0.39 is 0 Å². The molecule has 0 spiro atoms.